The number of nitrogens with two attached hydrogens (primary N) is 1. The quantitative estimate of drug-likeness (QED) is 0.872. The van der Waals surface area contributed by atoms with Gasteiger partial charge in [-0.15, -0.1) is 0 Å². The highest BCUT2D eigenvalue weighted by Crippen LogP contribution is 2.41. The number of hydrogen-bond acceptors (Lipinski definition) is 4. The second-order valence-corrected chi connectivity index (χ2v) is 5.20. The average Bonchev–Trinajstić information content (AvgIpc) is 2.27. The lowest BCUT2D eigenvalue weighted by molar-refractivity contribution is -0.0806. The van der Waals surface area contributed by atoms with E-state index >= 15 is 0 Å². The molecule has 1 aliphatic heterocycles. The molecule has 0 aromatic heterocycles. The Bertz CT molecular complexity index is 407. The van der Waals surface area contributed by atoms with E-state index in [9.17, 15) is 5.11 Å². The molecule has 0 spiro atoms. The highest BCUT2D eigenvalue weighted by molar-refractivity contribution is 9.10. The third-order valence-electron chi connectivity index (χ3n) is 3.32. The van der Waals surface area contributed by atoms with Gasteiger partial charge in [-0.3, -0.25) is 0 Å². The summed E-state index contributed by atoms with van der Waals surface area (Å²) in [6.45, 7) is 0.960. The van der Waals surface area contributed by atoms with Crippen molar-refractivity contribution in [2.75, 3.05) is 26.9 Å². The average molecular weight is 302 g/mol. The van der Waals surface area contributed by atoms with E-state index in [2.05, 4.69) is 15.9 Å². The molecule has 0 aliphatic carbocycles. The van der Waals surface area contributed by atoms with Gasteiger partial charge in [-0.2, -0.15) is 0 Å². The summed E-state index contributed by atoms with van der Waals surface area (Å²) in [4.78, 5) is 0. The van der Waals surface area contributed by atoms with Gasteiger partial charge in [0.05, 0.1) is 32.3 Å². The number of hydrogen-bond donors (Lipinski definition) is 2. The number of methoxy groups -OCH3 is 1. The number of aliphatic hydroxyl groups excluding tert-OH is 1. The summed E-state index contributed by atoms with van der Waals surface area (Å²) in [5, 5.41) is 9.30. The zero-order valence-electron chi connectivity index (χ0n) is 9.65. The molecule has 1 unspecified atom stereocenters. The van der Waals surface area contributed by atoms with Crippen LogP contribution in [0, 0.1) is 0 Å². The molecule has 2 rings (SSSR count). The SMILES string of the molecule is COc1ccc(Br)cc1C1(C(N)CO)COC1. The van der Waals surface area contributed by atoms with Crippen LogP contribution in [0.15, 0.2) is 22.7 Å². The van der Waals surface area contributed by atoms with Crippen molar-refractivity contribution in [3.05, 3.63) is 28.2 Å². The topological polar surface area (TPSA) is 64.7 Å². The minimum Gasteiger partial charge on any atom is -0.496 e. The molecular weight excluding hydrogens is 286 g/mol. The molecule has 0 bridgehead atoms. The number of ether oxygens (including phenoxy) is 2. The molecule has 94 valence electrons. The van der Waals surface area contributed by atoms with Crippen molar-refractivity contribution in [2.24, 2.45) is 5.73 Å². The Morgan fingerprint density at radius 1 is 1.59 bits per heavy atom. The van der Waals surface area contributed by atoms with Gasteiger partial charge in [0.25, 0.3) is 0 Å². The van der Waals surface area contributed by atoms with Crippen LogP contribution in [-0.2, 0) is 10.2 Å². The van der Waals surface area contributed by atoms with E-state index < -0.39 is 0 Å². The largest absolute Gasteiger partial charge is 0.496 e. The van der Waals surface area contributed by atoms with Gasteiger partial charge in [-0.25, -0.2) is 0 Å². The third kappa shape index (κ3) is 2.08. The normalized spacial score (nSPS) is 19.5. The molecule has 5 heteroatoms. The standard InChI is InChI=1S/C12H16BrNO3/c1-16-10-3-2-8(13)4-9(10)12(6-17-7-12)11(14)5-15/h2-4,11,15H,5-7,14H2,1H3. The van der Waals surface area contributed by atoms with Crippen molar-refractivity contribution in [2.45, 2.75) is 11.5 Å². The van der Waals surface area contributed by atoms with Crippen molar-refractivity contribution >= 4 is 15.9 Å². The summed E-state index contributed by atoms with van der Waals surface area (Å²) < 4.78 is 11.6. The highest BCUT2D eigenvalue weighted by Gasteiger charge is 2.47. The summed E-state index contributed by atoms with van der Waals surface area (Å²) in [6.07, 6.45) is 0. The lowest BCUT2D eigenvalue weighted by atomic mass is 9.72. The Hall–Kier alpha value is -0.620. The van der Waals surface area contributed by atoms with E-state index in [1.54, 1.807) is 7.11 Å². The molecule has 1 atom stereocenters. The molecule has 0 radical (unpaired) electrons. The maximum Gasteiger partial charge on any atom is 0.122 e. The maximum absolute atomic E-state index is 9.30. The van der Waals surface area contributed by atoms with E-state index in [1.807, 2.05) is 18.2 Å². The number of halogens is 1. The molecule has 1 aromatic carbocycles. The minimum atomic E-state index is -0.348. The predicted octanol–water partition coefficient (Wildman–Crippen LogP) is 1.05. The molecule has 0 amide bonds. The number of rotatable bonds is 4. The van der Waals surface area contributed by atoms with Crippen molar-refractivity contribution in [3.8, 4) is 5.75 Å². The van der Waals surface area contributed by atoms with Gasteiger partial charge >= 0.3 is 0 Å². The molecule has 1 aliphatic rings. The number of aliphatic hydroxyl groups is 1. The Morgan fingerprint density at radius 3 is 2.76 bits per heavy atom. The van der Waals surface area contributed by atoms with Crippen LogP contribution in [0.25, 0.3) is 0 Å². The van der Waals surface area contributed by atoms with Gasteiger partial charge in [-0.1, -0.05) is 15.9 Å². The second-order valence-electron chi connectivity index (χ2n) is 4.28. The molecule has 0 saturated carbocycles. The Labute approximate surface area is 109 Å². The predicted molar refractivity (Wildman–Crippen MR) is 68.3 cm³/mol. The van der Waals surface area contributed by atoms with Crippen molar-refractivity contribution in [3.63, 3.8) is 0 Å². The fourth-order valence-corrected chi connectivity index (χ4v) is 2.50. The zero-order chi connectivity index (χ0) is 12.5. The summed E-state index contributed by atoms with van der Waals surface area (Å²) in [5.41, 5.74) is 6.66. The van der Waals surface area contributed by atoms with Crippen LogP contribution in [0.3, 0.4) is 0 Å². The first-order chi connectivity index (χ1) is 8.14. The van der Waals surface area contributed by atoms with Crippen LogP contribution in [0.2, 0.25) is 0 Å². The Balaban J connectivity index is 2.46. The van der Waals surface area contributed by atoms with Crippen LogP contribution < -0.4 is 10.5 Å². The molecule has 1 aromatic rings. The summed E-state index contributed by atoms with van der Waals surface area (Å²) in [5.74, 6) is 0.778. The molecule has 3 N–H and O–H groups in total. The highest BCUT2D eigenvalue weighted by atomic mass is 79.9. The zero-order valence-corrected chi connectivity index (χ0v) is 11.2. The van der Waals surface area contributed by atoms with E-state index in [0.717, 1.165) is 15.8 Å². The van der Waals surface area contributed by atoms with Crippen molar-refractivity contribution in [1.82, 2.24) is 0 Å². The lowest BCUT2D eigenvalue weighted by Crippen LogP contribution is -2.60. The first kappa shape index (κ1) is 12.8. The first-order valence-corrected chi connectivity index (χ1v) is 6.21. The summed E-state index contributed by atoms with van der Waals surface area (Å²) >= 11 is 3.44. The fraction of sp³-hybridized carbons (Fsp3) is 0.500. The monoisotopic (exact) mass is 301 g/mol. The van der Waals surface area contributed by atoms with E-state index in [-0.39, 0.29) is 18.1 Å². The molecule has 4 nitrogen and oxygen atoms in total. The number of benzene rings is 1. The van der Waals surface area contributed by atoms with Gasteiger partial charge in [-0.05, 0) is 18.2 Å². The van der Waals surface area contributed by atoms with Crippen LogP contribution >= 0.6 is 15.9 Å². The smallest absolute Gasteiger partial charge is 0.122 e. The van der Waals surface area contributed by atoms with Crippen LogP contribution in [0.4, 0.5) is 0 Å². The molecule has 1 saturated heterocycles. The minimum absolute atomic E-state index is 0.0704. The van der Waals surface area contributed by atoms with Gasteiger partial charge in [0, 0.05) is 16.1 Å². The first-order valence-electron chi connectivity index (χ1n) is 5.42. The van der Waals surface area contributed by atoms with Gasteiger partial charge in [0.15, 0.2) is 0 Å². The molecular formula is C12H16BrNO3. The Morgan fingerprint density at radius 2 is 2.29 bits per heavy atom. The Kier molecular flexibility index (Phi) is 3.73. The lowest BCUT2D eigenvalue weighted by Gasteiger charge is -2.46. The summed E-state index contributed by atoms with van der Waals surface area (Å²) in [6, 6.07) is 5.44. The van der Waals surface area contributed by atoms with Gasteiger partial charge in [0.2, 0.25) is 0 Å². The maximum atomic E-state index is 9.30. The van der Waals surface area contributed by atoms with Crippen LogP contribution in [0.5, 0.6) is 5.75 Å². The van der Waals surface area contributed by atoms with Crippen LogP contribution in [0.1, 0.15) is 5.56 Å². The summed E-state index contributed by atoms with van der Waals surface area (Å²) in [7, 11) is 1.63. The van der Waals surface area contributed by atoms with Crippen molar-refractivity contribution in [1.29, 1.82) is 0 Å². The van der Waals surface area contributed by atoms with E-state index in [4.69, 9.17) is 15.2 Å². The third-order valence-corrected chi connectivity index (χ3v) is 3.82. The van der Waals surface area contributed by atoms with Crippen LogP contribution in [-0.4, -0.2) is 38.1 Å². The van der Waals surface area contributed by atoms with E-state index in [0.29, 0.717) is 13.2 Å². The molecule has 1 heterocycles. The van der Waals surface area contributed by atoms with Crippen molar-refractivity contribution < 1.29 is 14.6 Å². The molecule has 1 fully saturated rings. The molecule has 17 heavy (non-hydrogen) atoms. The second kappa shape index (κ2) is 4.94. The fourth-order valence-electron chi connectivity index (χ4n) is 2.14. The van der Waals surface area contributed by atoms with Gasteiger partial charge < -0.3 is 20.3 Å². The van der Waals surface area contributed by atoms with Gasteiger partial charge in [0.1, 0.15) is 5.75 Å². The van der Waals surface area contributed by atoms with E-state index in [1.165, 1.54) is 0 Å².